The molecule has 4 heterocycles. The number of fused-ring (bicyclic) bond motifs is 1. The average Bonchev–Trinajstić information content (AvgIpc) is 3.78. The number of sulfone groups is 1. The minimum Gasteiger partial charge on any atom is -0.394 e. The summed E-state index contributed by atoms with van der Waals surface area (Å²) in [4.78, 5) is 26.1. The fourth-order valence-corrected chi connectivity index (χ4v) is 6.04. The molecule has 0 spiro atoms. The highest BCUT2D eigenvalue weighted by Gasteiger charge is 2.44. The van der Waals surface area contributed by atoms with Crippen LogP contribution in [-0.4, -0.2) is 89.2 Å². The van der Waals surface area contributed by atoms with Crippen LogP contribution in [0, 0.1) is 0 Å². The number of aromatic nitrogens is 6. The van der Waals surface area contributed by atoms with Gasteiger partial charge in [-0.05, 0) is 25.0 Å². The van der Waals surface area contributed by atoms with Gasteiger partial charge in [-0.2, -0.15) is 15.1 Å². The predicted octanol–water partition coefficient (Wildman–Crippen LogP) is 0.984. The summed E-state index contributed by atoms with van der Waals surface area (Å²) in [5.41, 5.74) is 0.756. The monoisotopic (exact) mass is 584 g/mol. The molecule has 2 aliphatic rings. The summed E-state index contributed by atoms with van der Waals surface area (Å²) in [6.07, 6.45) is 3.34. The SMILES string of the molecule is O=C(Nc1cnn(-c2nc(NC3CCCC3)c3ncn([C@@H]4O[C@H](CO)C(O)C4O)c3n2)c1)S(=O)(=O)c1ccccc1. The van der Waals surface area contributed by atoms with E-state index in [0.29, 0.717) is 11.3 Å². The first kappa shape index (κ1) is 27.2. The summed E-state index contributed by atoms with van der Waals surface area (Å²) in [5.74, 6) is 0.480. The van der Waals surface area contributed by atoms with Crippen LogP contribution in [0.15, 0.2) is 53.9 Å². The van der Waals surface area contributed by atoms with Gasteiger partial charge in [-0.15, -0.1) is 0 Å². The first-order chi connectivity index (χ1) is 19.8. The lowest BCUT2D eigenvalue weighted by Gasteiger charge is -2.18. The smallest absolute Gasteiger partial charge is 0.345 e. The summed E-state index contributed by atoms with van der Waals surface area (Å²) in [5, 5.41) is 39.2. The molecule has 2 fully saturated rings. The highest BCUT2D eigenvalue weighted by atomic mass is 32.2. The molecule has 2 unspecified atom stereocenters. The largest absolute Gasteiger partial charge is 0.394 e. The van der Waals surface area contributed by atoms with Crippen molar-refractivity contribution in [2.24, 2.45) is 0 Å². The van der Waals surface area contributed by atoms with Crippen LogP contribution in [0.1, 0.15) is 31.9 Å². The number of amides is 1. The molecule has 41 heavy (non-hydrogen) atoms. The molecule has 1 amide bonds. The van der Waals surface area contributed by atoms with E-state index in [-0.39, 0.29) is 28.2 Å². The van der Waals surface area contributed by atoms with Gasteiger partial charge in [0, 0.05) is 6.04 Å². The molecule has 0 radical (unpaired) electrons. The number of nitrogens with zero attached hydrogens (tertiary/aromatic N) is 6. The second-order valence-electron chi connectivity index (χ2n) is 9.95. The number of hydrogen-bond donors (Lipinski definition) is 5. The number of imidazole rings is 1. The quantitative estimate of drug-likeness (QED) is 0.206. The Hall–Kier alpha value is -3.96. The van der Waals surface area contributed by atoms with Gasteiger partial charge >= 0.3 is 5.24 Å². The molecule has 15 nitrogen and oxygen atoms in total. The van der Waals surface area contributed by atoms with E-state index >= 15 is 0 Å². The highest BCUT2D eigenvalue weighted by Crippen LogP contribution is 2.33. The fraction of sp³-hybridized carbons (Fsp3) is 0.400. The van der Waals surface area contributed by atoms with Gasteiger partial charge < -0.3 is 30.7 Å². The van der Waals surface area contributed by atoms with Crippen LogP contribution in [0.2, 0.25) is 0 Å². The first-order valence-electron chi connectivity index (χ1n) is 13.1. The lowest BCUT2D eigenvalue weighted by atomic mass is 10.1. The number of rotatable bonds is 7. The van der Waals surface area contributed by atoms with E-state index in [2.05, 4.69) is 30.7 Å². The molecule has 1 saturated carbocycles. The Kier molecular flexibility index (Phi) is 7.16. The number of carbonyl (C=O) groups is 1. The minimum atomic E-state index is -4.28. The third kappa shape index (κ3) is 5.04. The third-order valence-corrected chi connectivity index (χ3v) is 8.71. The fourth-order valence-electron chi connectivity index (χ4n) is 5.06. The summed E-state index contributed by atoms with van der Waals surface area (Å²) >= 11 is 0. The number of anilines is 2. The van der Waals surface area contributed by atoms with Gasteiger partial charge in [0.25, 0.3) is 15.8 Å². The van der Waals surface area contributed by atoms with E-state index in [4.69, 9.17) is 4.74 Å². The number of aliphatic hydroxyl groups excluding tert-OH is 3. The van der Waals surface area contributed by atoms with Crippen molar-refractivity contribution >= 4 is 37.7 Å². The van der Waals surface area contributed by atoms with E-state index < -0.39 is 46.2 Å². The van der Waals surface area contributed by atoms with E-state index in [1.54, 1.807) is 6.07 Å². The molecular weight excluding hydrogens is 556 g/mol. The van der Waals surface area contributed by atoms with Crippen LogP contribution < -0.4 is 10.6 Å². The van der Waals surface area contributed by atoms with Crippen molar-refractivity contribution in [3.63, 3.8) is 0 Å². The predicted molar refractivity (Wildman–Crippen MR) is 144 cm³/mol. The van der Waals surface area contributed by atoms with E-state index in [9.17, 15) is 28.5 Å². The van der Waals surface area contributed by atoms with Gasteiger partial charge in [0.1, 0.15) is 18.3 Å². The second kappa shape index (κ2) is 10.8. The zero-order valence-electron chi connectivity index (χ0n) is 21.6. The molecule has 3 aromatic heterocycles. The Bertz CT molecular complexity index is 1670. The van der Waals surface area contributed by atoms with Crippen LogP contribution >= 0.6 is 0 Å². The standard InChI is InChI=1S/C25H28N8O7S/c34-12-17-19(35)20(36)23(40-17)32-13-26-18-21(28-14-6-4-5-7-14)30-24(31-22(18)32)33-11-15(10-27-33)29-25(37)41(38,39)16-8-2-1-3-9-16/h1-3,8-11,13-14,17,19-20,23,34-36H,4-7,12H2,(H,29,37)(H,28,30,31)/t17-,19?,20?,23-/m1/s1. The van der Waals surface area contributed by atoms with Crippen molar-refractivity contribution in [2.45, 2.75) is 61.2 Å². The van der Waals surface area contributed by atoms with Crippen molar-refractivity contribution in [2.75, 3.05) is 17.2 Å². The lowest BCUT2D eigenvalue weighted by molar-refractivity contribution is -0.0511. The second-order valence-corrected chi connectivity index (χ2v) is 11.8. The number of hydrogen-bond acceptors (Lipinski definition) is 12. The molecule has 4 atom stereocenters. The van der Waals surface area contributed by atoms with Crippen LogP contribution in [0.4, 0.5) is 16.3 Å². The van der Waals surface area contributed by atoms with Gasteiger partial charge in [-0.1, -0.05) is 31.0 Å². The first-order valence-corrected chi connectivity index (χ1v) is 14.5. The van der Waals surface area contributed by atoms with Crippen LogP contribution in [0.25, 0.3) is 17.1 Å². The van der Waals surface area contributed by atoms with Gasteiger partial charge in [-0.25, -0.2) is 18.1 Å². The van der Waals surface area contributed by atoms with E-state index in [0.717, 1.165) is 25.7 Å². The molecule has 1 aliphatic heterocycles. The molecule has 4 aromatic rings. The Morgan fingerprint density at radius 3 is 2.56 bits per heavy atom. The normalized spacial score (nSPS) is 23.3. The Morgan fingerprint density at radius 2 is 1.85 bits per heavy atom. The Labute approximate surface area is 233 Å². The van der Waals surface area contributed by atoms with Gasteiger partial charge in [-0.3, -0.25) is 9.36 Å². The van der Waals surface area contributed by atoms with Crippen LogP contribution in [0.5, 0.6) is 0 Å². The van der Waals surface area contributed by atoms with E-state index in [1.807, 2.05) is 0 Å². The molecule has 1 saturated heterocycles. The van der Waals surface area contributed by atoms with Crippen molar-refractivity contribution in [1.82, 2.24) is 29.3 Å². The van der Waals surface area contributed by atoms with Crippen molar-refractivity contribution < 1.29 is 33.3 Å². The van der Waals surface area contributed by atoms with Gasteiger partial charge in [0.05, 0.1) is 35.9 Å². The lowest BCUT2D eigenvalue weighted by Crippen LogP contribution is -2.33. The molecule has 5 N–H and O–H groups in total. The molecule has 6 rings (SSSR count). The zero-order chi connectivity index (χ0) is 28.7. The van der Waals surface area contributed by atoms with E-state index in [1.165, 1.54) is 52.2 Å². The summed E-state index contributed by atoms with van der Waals surface area (Å²) < 4.78 is 33.7. The summed E-state index contributed by atoms with van der Waals surface area (Å²) in [6, 6.07) is 7.51. The third-order valence-electron chi connectivity index (χ3n) is 7.23. The molecular formula is C25H28N8O7S. The van der Waals surface area contributed by atoms with Crippen molar-refractivity contribution in [3.05, 3.63) is 49.1 Å². The molecule has 1 aliphatic carbocycles. The maximum Gasteiger partial charge on any atom is 0.345 e. The minimum absolute atomic E-state index is 0.0675. The zero-order valence-corrected chi connectivity index (χ0v) is 22.4. The van der Waals surface area contributed by atoms with Crippen molar-refractivity contribution in [1.29, 1.82) is 0 Å². The molecule has 216 valence electrons. The summed E-state index contributed by atoms with van der Waals surface area (Å²) in [6.45, 7) is -0.488. The topological polar surface area (TPSA) is 207 Å². The highest BCUT2D eigenvalue weighted by molar-refractivity contribution is 8.06. The van der Waals surface area contributed by atoms with Crippen LogP contribution in [0.3, 0.4) is 0 Å². The molecule has 1 aromatic carbocycles. The average molecular weight is 585 g/mol. The number of aliphatic hydroxyl groups is 3. The number of benzene rings is 1. The van der Waals surface area contributed by atoms with Gasteiger partial charge in [0.15, 0.2) is 23.2 Å². The number of nitrogens with one attached hydrogen (secondary N) is 2. The Balaban J connectivity index is 1.34. The number of ether oxygens (including phenoxy) is 1. The molecule has 0 bridgehead atoms. The maximum absolute atomic E-state index is 12.6. The Morgan fingerprint density at radius 1 is 1.10 bits per heavy atom. The van der Waals surface area contributed by atoms with Gasteiger partial charge in [0.2, 0.25) is 0 Å². The molecule has 16 heteroatoms. The van der Waals surface area contributed by atoms with Crippen LogP contribution in [-0.2, 0) is 14.6 Å². The maximum atomic E-state index is 12.6. The number of carbonyl (C=O) groups excluding carboxylic acids is 1. The van der Waals surface area contributed by atoms with Crippen molar-refractivity contribution in [3.8, 4) is 5.95 Å². The summed E-state index contributed by atoms with van der Waals surface area (Å²) in [7, 11) is -4.28.